The second-order valence-electron chi connectivity index (χ2n) is 4.62. The summed E-state index contributed by atoms with van der Waals surface area (Å²) in [5.74, 6) is 1.20. The molecule has 1 N–H and O–H groups in total. The van der Waals surface area contributed by atoms with E-state index in [0.717, 1.165) is 36.0 Å². The molecule has 0 amide bonds. The minimum atomic E-state index is 0.385. The average molecular weight is 339 g/mol. The monoisotopic (exact) mass is 338 g/mol. The van der Waals surface area contributed by atoms with Gasteiger partial charge in [0.15, 0.2) is 0 Å². The van der Waals surface area contributed by atoms with Gasteiger partial charge in [-0.3, -0.25) is 4.98 Å². The number of nitrogens with zero attached hydrogens (tertiary/aromatic N) is 3. The lowest BCUT2D eigenvalue weighted by atomic mass is 10.1. The van der Waals surface area contributed by atoms with Crippen molar-refractivity contribution in [2.24, 2.45) is 0 Å². The Morgan fingerprint density at radius 3 is 2.85 bits per heavy atom. The summed E-state index contributed by atoms with van der Waals surface area (Å²) in [6.45, 7) is 5.23. The number of nitrogens with one attached hydrogen (secondary N) is 1. The molecular formula is C14H19BrN4O. The molecule has 1 atom stereocenters. The molecule has 0 bridgehead atoms. The van der Waals surface area contributed by atoms with E-state index >= 15 is 0 Å². The molecule has 0 saturated carbocycles. The molecule has 108 valence electrons. The van der Waals surface area contributed by atoms with E-state index < -0.39 is 0 Å². The molecule has 2 rings (SSSR count). The van der Waals surface area contributed by atoms with E-state index in [2.05, 4.69) is 50.2 Å². The summed E-state index contributed by atoms with van der Waals surface area (Å²) in [7, 11) is 0. The van der Waals surface area contributed by atoms with Crippen molar-refractivity contribution < 1.29 is 4.52 Å². The van der Waals surface area contributed by atoms with E-state index in [1.807, 2.05) is 12.1 Å². The topological polar surface area (TPSA) is 63.8 Å². The van der Waals surface area contributed by atoms with Crippen molar-refractivity contribution in [3.63, 3.8) is 0 Å². The molecule has 0 aromatic carbocycles. The Balaban J connectivity index is 2.06. The van der Waals surface area contributed by atoms with Gasteiger partial charge in [0.05, 0.1) is 0 Å². The number of pyridine rings is 1. The van der Waals surface area contributed by atoms with Gasteiger partial charge in [-0.25, -0.2) is 0 Å². The molecule has 2 aromatic rings. The molecule has 20 heavy (non-hydrogen) atoms. The number of halogens is 1. The standard InChI is InChI=1S/C14H19BrN4O/c1-3-5-11(16-4-2)8-13-18-14(19-20-13)12-7-6-10(15)9-17-12/h6-7,9,11,16H,3-5,8H2,1-2H3. The fraction of sp³-hybridized carbons (Fsp3) is 0.500. The zero-order valence-corrected chi connectivity index (χ0v) is 13.4. The molecule has 0 saturated heterocycles. The number of rotatable bonds is 7. The average Bonchev–Trinajstić information content (AvgIpc) is 2.89. The van der Waals surface area contributed by atoms with Gasteiger partial charge in [0.25, 0.3) is 0 Å². The lowest BCUT2D eigenvalue weighted by Crippen LogP contribution is -2.30. The number of hydrogen-bond acceptors (Lipinski definition) is 5. The third-order valence-corrected chi connectivity index (χ3v) is 3.44. The zero-order valence-electron chi connectivity index (χ0n) is 11.8. The van der Waals surface area contributed by atoms with E-state index in [-0.39, 0.29) is 0 Å². The van der Waals surface area contributed by atoms with Crippen molar-refractivity contribution in [3.8, 4) is 11.5 Å². The Kier molecular flexibility index (Phi) is 5.67. The number of aromatic nitrogens is 3. The SMILES string of the molecule is CCCC(Cc1nc(-c2ccc(Br)cn2)no1)NCC. The maximum absolute atomic E-state index is 5.32. The highest BCUT2D eigenvalue weighted by Crippen LogP contribution is 2.16. The highest BCUT2D eigenvalue weighted by Gasteiger charge is 2.14. The molecule has 2 heterocycles. The van der Waals surface area contributed by atoms with Crippen molar-refractivity contribution >= 4 is 15.9 Å². The van der Waals surface area contributed by atoms with Crippen molar-refractivity contribution in [2.45, 2.75) is 39.2 Å². The van der Waals surface area contributed by atoms with Crippen molar-refractivity contribution in [3.05, 3.63) is 28.7 Å². The van der Waals surface area contributed by atoms with Crippen LogP contribution in [0.15, 0.2) is 27.3 Å². The molecule has 1 unspecified atom stereocenters. The van der Waals surface area contributed by atoms with Crippen molar-refractivity contribution in [2.75, 3.05) is 6.54 Å². The van der Waals surface area contributed by atoms with E-state index in [1.165, 1.54) is 0 Å². The molecular weight excluding hydrogens is 320 g/mol. The Hall–Kier alpha value is -1.27. The van der Waals surface area contributed by atoms with Gasteiger partial charge in [0.2, 0.25) is 11.7 Å². The van der Waals surface area contributed by atoms with Crippen LogP contribution in [-0.4, -0.2) is 27.7 Å². The fourth-order valence-electron chi connectivity index (χ4n) is 2.07. The molecule has 2 aromatic heterocycles. The van der Waals surface area contributed by atoms with Crippen LogP contribution < -0.4 is 5.32 Å². The predicted molar refractivity (Wildman–Crippen MR) is 81.3 cm³/mol. The molecule has 5 nitrogen and oxygen atoms in total. The minimum absolute atomic E-state index is 0.385. The lowest BCUT2D eigenvalue weighted by Gasteiger charge is -2.14. The smallest absolute Gasteiger partial charge is 0.228 e. The van der Waals surface area contributed by atoms with Gasteiger partial charge >= 0.3 is 0 Å². The second kappa shape index (κ2) is 7.50. The summed E-state index contributed by atoms with van der Waals surface area (Å²) >= 11 is 3.36. The normalized spacial score (nSPS) is 12.6. The summed E-state index contributed by atoms with van der Waals surface area (Å²) in [5.41, 5.74) is 0.721. The van der Waals surface area contributed by atoms with Crippen LogP contribution in [0.25, 0.3) is 11.5 Å². The minimum Gasteiger partial charge on any atom is -0.339 e. The first-order valence-electron chi connectivity index (χ1n) is 6.90. The molecule has 0 spiro atoms. The van der Waals surface area contributed by atoms with Crippen LogP contribution in [0.4, 0.5) is 0 Å². The van der Waals surface area contributed by atoms with Crippen LogP contribution in [0.2, 0.25) is 0 Å². The molecule has 0 aliphatic heterocycles. The maximum atomic E-state index is 5.32. The van der Waals surface area contributed by atoms with Crippen LogP contribution in [0.5, 0.6) is 0 Å². The van der Waals surface area contributed by atoms with Crippen molar-refractivity contribution in [1.82, 2.24) is 20.4 Å². The second-order valence-corrected chi connectivity index (χ2v) is 5.54. The lowest BCUT2D eigenvalue weighted by molar-refractivity contribution is 0.352. The van der Waals surface area contributed by atoms with Gasteiger partial charge in [-0.05, 0) is 41.0 Å². The van der Waals surface area contributed by atoms with Crippen LogP contribution in [0.3, 0.4) is 0 Å². The van der Waals surface area contributed by atoms with Gasteiger partial charge in [0, 0.05) is 23.1 Å². The Morgan fingerprint density at radius 2 is 2.20 bits per heavy atom. The Bertz CT molecular complexity index is 520. The number of likely N-dealkylation sites (N-methyl/N-ethyl adjacent to an activating group) is 1. The number of hydrogen-bond donors (Lipinski definition) is 1. The summed E-state index contributed by atoms with van der Waals surface area (Å²) in [4.78, 5) is 8.69. The first-order chi connectivity index (χ1) is 9.72. The van der Waals surface area contributed by atoms with Crippen molar-refractivity contribution in [1.29, 1.82) is 0 Å². The van der Waals surface area contributed by atoms with Crippen LogP contribution in [0, 0.1) is 0 Å². The van der Waals surface area contributed by atoms with E-state index in [0.29, 0.717) is 17.8 Å². The highest BCUT2D eigenvalue weighted by atomic mass is 79.9. The third-order valence-electron chi connectivity index (χ3n) is 2.98. The first kappa shape index (κ1) is 15.1. The van der Waals surface area contributed by atoms with Gasteiger partial charge in [0.1, 0.15) is 5.69 Å². The molecule has 0 fully saturated rings. The summed E-state index contributed by atoms with van der Waals surface area (Å²) in [6.07, 6.45) is 4.71. The van der Waals surface area contributed by atoms with E-state index in [4.69, 9.17) is 4.52 Å². The Labute approximate surface area is 127 Å². The quantitative estimate of drug-likeness (QED) is 0.839. The van der Waals surface area contributed by atoms with Gasteiger partial charge < -0.3 is 9.84 Å². The highest BCUT2D eigenvalue weighted by molar-refractivity contribution is 9.10. The van der Waals surface area contributed by atoms with Crippen LogP contribution >= 0.6 is 15.9 Å². The predicted octanol–water partition coefficient (Wildman–Crippen LogP) is 3.21. The zero-order chi connectivity index (χ0) is 14.4. The van der Waals surface area contributed by atoms with Crippen LogP contribution in [-0.2, 0) is 6.42 Å². The molecule has 0 radical (unpaired) electrons. The maximum Gasteiger partial charge on any atom is 0.228 e. The summed E-state index contributed by atoms with van der Waals surface area (Å²) in [5, 5.41) is 7.44. The van der Waals surface area contributed by atoms with E-state index in [1.54, 1.807) is 6.20 Å². The fourth-order valence-corrected chi connectivity index (χ4v) is 2.31. The van der Waals surface area contributed by atoms with Gasteiger partial charge in [-0.2, -0.15) is 4.98 Å². The van der Waals surface area contributed by atoms with Gasteiger partial charge in [-0.15, -0.1) is 0 Å². The van der Waals surface area contributed by atoms with Crippen LogP contribution in [0.1, 0.15) is 32.6 Å². The summed E-state index contributed by atoms with van der Waals surface area (Å²) in [6, 6.07) is 4.17. The molecule has 6 heteroatoms. The largest absolute Gasteiger partial charge is 0.339 e. The summed E-state index contributed by atoms with van der Waals surface area (Å²) < 4.78 is 6.25. The third kappa shape index (κ3) is 4.11. The first-order valence-corrected chi connectivity index (χ1v) is 7.70. The molecule has 0 aliphatic carbocycles. The van der Waals surface area contributed by atoms with Gasteiger partial charge in [-0.1, -0.05) is 25.4 Å². The van der Waals surface area contributed by atoms with E-state index in [9.17, 15) is 0 Å². The Morgan fingerprint density at radius 1 is 1.35 bits per heavy atom. The molecule has 0 aliphatic rings.